The molecule has 2 aromatic rings. The van der Waals surface area contributed by atoms with Crippen LogP contribution in [0.4, 0.5) is 0 Å². The van der Waals surface area contributed by atoms with Crippen molar-refractivity contribution in [3.05, 3.63) is 58.6 Å². The van der Waals surface area contributed by atoms with Gasteiger partial charge in [-0.05, 0) is 35.7 Å². The Kier molecular flexibility index (Phi) is 3.89. The summed E-state index contributed by atoms with van der Waals surface area (Å²) in [5.74, 6) is 2.01. The van der Waals surface area contributed by atoms with Gasteiger partial charge in [-0.2, -0.15) is 5.06 Å². The van der Waals surface area contributed by atoms with Crippen LogP contribution in [0, 0.1) is 0 Å². The van der Waals surface area contributed by atoms with Crippen LogP contribution < -0.4 is 4.74 Å². The number of hydrogen-bond acceptors (Lipinski definition) is 3. The lowest BCUT2D eigenvalue weighted by atomic mass is 9.82. The molecule has 21 heavy (non-hydrogen) atoms. The van der Waals surface area contributed by atoms with Crippen LogP contribution in [0.5, 0.6) is 11.5 Å². The van der Waals surface area contributed by atoms with Crippen LogP contribution in [0.25, 0.3) is 0 Å². The van der Waals surface area contributed by atoms with E-state index < -0.39 is 0 Å². The van der Waals surface area contributed by atoms with Crippen molar-refractivity contribution in [3.63, 3.8) is 0 Å². The fraction of sp³-hybridized carbons (Fsp3) is 0.294. The third-order valence-electron chi connectivity index (χ3n) is 4.07. The van der Waals surface area contributed by atoms with Gasteiger partial charge in [0.25, 0.3) is 0 Å². The Morgan fingerprint density at radius 1 is 1.14 bits per heavy atom. The number of halogens is 1. The Morgan fingerprint density at radius 3 is 2.62 bits per heavy atom. The molecule has 2 atom stereocenters. The predicted octanol–water partition coefficient (Wildman–Crippen LogP) is 4.65. The number of ether oxygens (including phenoxy) is 1. The summed E-state index contributed by atoms with van der Waals surface area (Å²) in [6, 6.07) is 13.7. The second kappa shape index (κ2) is 5.68. The van der Waals surface area contributed by atoms with Gasteiger partial charge in [-0.15, -0.1) is 0 Å². The van der Waals surface area contributed by atoms with Crippen LogP contribution in [0.2, 0.25) is 5.02 Å². The third kappa shape index (κ3) is 2.77. The van der Waals surface area contributed by atoms with E-state index in [1.807, 2.05) is 36.4 Å². The molecule has 0 fully saturated rings. The Bertz CT molecular complexity index is 657. The van der Waals surface area contributed by atoms with E-state index in [4.69, 9.17) is 16.3 Å². The SMILES string of the molecule is CC1c2ccccc2Oc2ccc(Cl)cc2C1CN(C)O. The average Bonchev–Trinajstić information content (AvgIpc) is 2.56. The molecule has 4 heteroatoms. The number of fused-ring (bicyclic) bond motifs is 2. The molecular formula is C17H18ClNO2. The summed E-state index contributed by atoms with van der Waals surface area (Å²) in [7, 11) is 1.66. The number of para-hydroxylation sites is 1. The lowest BCUT2D eigenvalue weighted by molar-refractivity contribution is -0.0706. The van der Waals surface area contributed by atoms with E-state index in [1.54, 1.807) is 7.05 Å². The van der Waals surface area contributed by atoms with Gasteiger partial charge in [0.1, 0.15) is 11.5 Å². The first kappa shape index (κ1) is 14.4. The fourth-order valence-corrected chi connectivity index (χ4v) is 3.18. The van der Waals surface area contributed by atoms with Gasteiger partial charge in [0.2, 0.25) is 0 Å². The maximum atomic E-state index is 9.72. The highest BCUT2D eigenvalue weighted by Crippen LogP contribution is 2.46. The van der Waals surface area contributed by atoms with Crippen LogP contribution in [0.3, 0.4) is 0 Å². The summed E-state index contributed by atoms with van der Waals surface area (Å²) in [6.45, 7) is 2.68. The van der Waals surface area contributed by atoms with Gasteiger partial charge >= 0.3 is 0 Å². The van der Waals surface area contributed by atoms with Crippen LogP contribution in [0.15, 0.2) is 42.5 Å². The zero-order valence-electron chi connectivity index (χ0n) is 12.1. The van der Waals surface area contributed by atoms with Crippen molar-refractivity contribution in [2.45, 2.75) is 18.8 Å². The second-order valence-electron chi connectivity index (χ2n) is 5.56. The maximum Gasteiger partial charge on any atom is 0.131 e. The number of hydrogen-bond donors (Lipinski definition) is 1. The van der Waals surface area contributed by atoms with Gasteiger partial charge in [-0.1, -0.05) is 36.7 Å². The van der Waals surface area contributed by atoms with Crippen molar-refractivity contribution in [2.24, 2.45) is 0 Å². The van der Waals surface area contributed by atoms with Gasteiger partial charge in [-0.3, -0.25) is 0 Å². The van der Waals surface area contributed by atoms with Crippen LogP contribution in [-0.2, 0) is 0 Å². The minimum absolute atomic E-state index is 0.109. The van der Waals surface area contributed by atoms with Gasteiger partial charge < -0.3 is 9.94 Å². The topological polar surface area (TPSA) is 32.7 Å². The van der Waals surface area contributed by atoms with Crippen molar-refractivity contribution < 1.29 is 9.94 Å². The molecule has 0 bridgehead atoms. The Hall–Kier alpha value is -1.55. The monoisotopic (exact) mass is 303 g/mol. The Morgan fingerprint density at radius 2 is 1.86 bits per heavy atom. The molecule has 3 nitrogen and oxygen atoms in total. The fourth-order valence-electron chi connectivity index (χ4n) is 3.00. The molecule has 1 N–H and O–H groups in total. The van der Waals surface area contributed by atoms with Crippen LogP contribution in [0.1, 0.15) is 29.9 Å². The zero-order chi connectivity index (χ0) is 15.0. The van der Waals surface area contributed by atoms with Gasteiger partial charge in [-0.25, -0.2) is 0 Å². The lowest BCUT2D eigenvalue weighted by Crippen LogP contribution is -2.24. The summed E-state index contributed by atoms with van der Waals surface area (Å²) < 4.78 is 6.08. The molecule has 0 spiro atoms. The van der Waals surface area contributed by atoms with Gasteiger partial charge in [0.15, 0.2) is 0 Å². The first-order valence-electron chi connectivity index (χ1n) is 7.02. The van der Waals surface area contributed by atoms with Crippen LogP contribution in [-0.4, -0.2) is 23.9 Å². The third-order valence-corrected chi connectivity index (χ3v) is 4.30. The summed E-state index contributed by atoms with van der Waals surface area (Å²) in [6.07, 6.45) is 0. The highest BCUT2D eigenvalue weighted by Gasteiger charge is 2.30. The number of likely N-dealkylation sites (N-methyl/N-ethyl adjacent to an activating group) is 1. The summed E-state index contributed by atoms with van der Waals surface area (Å²) in [5.41, 5.74) is 2.18. The Balaban J connectivity index is 2.16. The van der Waals surface area contributed by atoms with E-state index in [-0.39, 0.29) is 11.8 Å². The number of rotatable bonds is 2. The van der Waals surface area contributed by atoms with Crippen molar-refractivity contribution in [2.75, 3.05) is 13.6 Å². The number of benzene rings is 2. The first-order valence-corrected chi connectivity index (χ1v) is 7.40. The van der Waals surface area contributed by atoms with Crippen molar-refractivity contribution in [1.82, 2.24) is 5.06 Å². The average molecular weight is 304 g/mol. The molecule has 0 amide bonds. The molecule has 1 aliphatic heterocycles. The van der Waals surface area contributed by atoms with E-state index in [2.05, 4.69) is 13.0 Å². The zero-order valence-corrected chi connectivity index (χ0v) is 12.8. The molecule has 0 radical (unpaired) electrons. The van der Waals surface area contributed by atoms with Crippen molar-refractivity contribution in [3.8, 4) is 11.5 Å². The molecule has 0 saturated carbocycles. The normalized spacial score (nSPS) is 20.4. The van der Waals surface area contributed by atoms with E-state index in [1.165, 1.54) is 5.06 Å². The molecule has 1 aliphatic rings. The molecule has 2 unspecified atom stereocenters. The standard InChI is InChI=1S/C17H18ClNO2/c1-11-13-5-3-4-6-16(13)21-17-8-7-12(18)9-14(17)15(11)10-19(2)20/h3-9,11,15,20H,10H2,1-2H3. The number of hydroxylamine groups is 2. The first-order chi connectivity index (χ1) is 10.1. The Labute approximate surface area is 129 Å². The van der Waals surface area contributed by atoms with Gasteiger partial charge in [0.05, 0.1) is 0 Å². The van der Waals surface area contributed by atoms with E-state index in [0.717, 1.165) is 22.6 Å². The molecule has 1 heterocycles. The van der Waals surface area contributed by atoms with Gasteiger partial charge in [0, 0.05) is 30.1 Å². The summed E-state index contributed by atoms with van der Waals surface area (Å²) in [5, 5.41) is 11.6. The van der Waals surface area contributed by atoms with Crippen LogP contribution >= 0.6 is 11.6 Å². The quantitative estimate of drug-likeness (QED) is 0.819. The van der Waals surface area contributed by atoms with E-state index in [9.17, 15) is 5.21 Å². The van der Waals surface area contributed by atoms with Crippen molar-refractivity contribution in [1.29, 1.82) is 0 Å². The lowest BCUT2D eigenvalue weighted by Gasteiger charge is -2.25. The second-order valence-corrected chi connectivity index (χ2v) is 5.99. The number of nitrogens with zero attached hydrogens (tertiary/aromatic N) is 1. The minimum Gasteiger partial charge on any atom is -0.457 e. The van der Waals surface area contributed by atoms with Crippen molar-refractivity contribution >= 4 is 11.6 Å². The molecule has 0 aliphatic carbocycles. The molecule has 2 aromatic carbocycles. The minimum atomic E-state index is 0.109. The molecule has 3 rings (SSSR count). The van der Waals surface area contributed by atoms with E-state index >= 15 is 0 Å². The highest BCUT2D eigenvalue weighted by atomic mass is 35.5. The van der Waals surface area contributed by atoms with E-state index in [0.29, 0.717) is 11.6 Å². The summed E-state index contributed by atoms with van der Waals surface area (Å²) in [4.78, 5) is 0. The molecule has 0 aromatic heterocycles. The highest BCUT2D eigenvalue weighted by molar-refractivity contribution is 6.30. The maximum absolute atomic E-state index is 9.72. The summed E-state index contributed by atoms with van der Waals surface area (Å²) >= 11 is 6.16. The molecule has 110 valence electrons. The smallest absolute Gasteiger partial charge is 0.131 e. The molecule has 0 saturated heterocycles. The molecular weight excluding hydrogens is 286 g/mol. The largest absolute Gasteiger partial charge is 0.457 e. The predicted molar refractivity (Wildman–Crippen MR) is 83.5 cm³/mol.